The van der Waals surface area contributed by atoms with Gasteiger partial charge in [-0.3, -0.25) is 4.79 Å². The summed E-state index contributed by atoms with van der Waals surface area (Å²) >= 11 is 0. The Kier molecular flexibility index (Phi) is 20.4. The van der Waals surface area contributed by atoms with Crippen LogP contribution in [0.4, 0.5) is 0 Å². The summed E-state index contributed by atoms with van der Waals surface area (Å²) in [6, 6.07) is -0.765. The van der Waals surface area contributed by atoms with Gasteiger partial charge < -0.3 is 43.0 Å². The van der Waals surface area contributed by atoms with Crippen molar-refractivity contribution in [3.63, 3.8) is 0 Å². The summed E-state index contributed by atoms with van der Waals surface area (Å²) in [5, 5.41) is 14.1. The van der Waals surface area contributed by atoms with Gasteiger partial charge in [0.15, 0.2) is 12.4 Å². The molecule has 244 valence electrons. The van der Waals surface area contributed by atoms with Crippen molar-refractivity contribution in [2.45, 2.75) is 122 Å². The number of methoxy groups -OCH3 is 1. The van der Waals surface area contributed by atoms with E-state index in [0.717, 1.165) is 38.5 Å². The van der Waals surface area contributed by atoms with E-state index in [1.54, 1.807) is 6.92 Å². The lowest BCUT2D eigenvalue weighted by Crippen LogP contribution is -2.58. The van der Waals surface area contributed by atoms with Gasteiger partial charge in [-0.15, -0.1) is 0 Å². The van der Waals surface area contributed by atoms with Crippen molar-refractivity contribution in [1.29, 1.82) is 0 Å². The number of carbonyl (C=O) groups is 2. The number of hydrogen-bond donors (Lipinski definition) is 1. The van der Waals surface area contributed by atoms with Crippen molar-refractivity contribution >= 4 is 11.9 Å². The number of carbonyl (C=O) groups excluding carboxylic acids is 2. The lowest BCUT2D eigenvalue weighted by molar-refractivity contribution is -0.283. The predicted molar refractivity (Wildman–Crippen MR) is 152 cm³/mol. The normalized spacial score (nSPS) is 23.3. The first-order chi connectivity index (χ1) is 20.3. The molecule has 0 radical (unpaired) electrons. The van der Waals surface area contributed by atoms with Gasteiger partial charge in [0, 0.05) is 31.7 Å². The highest BCUT2D eigenvalue weighted by atomic mass is 16.7. The molecule has 1 aliphatic rings. The predicted octanol–water partition coefficient (Wildman–Crippen LogP) is 3.46. The molecule has 42 heavy (non-hydrogen) atoms. The Balaban J connectivity index is 3.32. The average Bonchev–Trinajstić information content (AvgIpc) is 2.98. The highest BCUT2D eigenvalue weighted by Gasteiger charge is 2.45. The van der Waals surface area contributed by atoms with Crippen molar-refractivity contribution in [3.05, 3.63) is 10.4 Å². The molecule has 0 bridgehead atoms. The monoisotopic (exact) mass is 605 g/mol. The summed E-state index contributed by atoms with van der Waals surface area (Å²) < 4.78 is 46.4. The molecule has 14 heteroatoms. The molecular weight excluding hydrogens is 554 g/mol. The molecule has 1 rings (SSSR count). The largest absolute Gasteiger partial charge is 0.467 e. The molecule has 0 aromatic rings. The number of ether oxygens (including phenoxy) is 8. The molecule has 1 fully saturated rings. The summed E-state index contributed by atoms with van der Waals surface area (Å²) in [4.78, 5) is 27.5. The SMILES string of the molecule is CCCCOC1[C@H](OC(CO)OC(C(=O)OC)[C@@H](OCCCC)[C@H](C)OCCCC)C(COC(C)=O)OC[C@H]1N=[N+]=[N-]. The molecule has 0 aromatic carbocycles. The van der Waals surface area contributed by atoms with Gasteiger partial charge in [0.05, 0.1) is 38.6 Å². The molecule has 0 aromatic heterocycles. The lowest BCUT2D eigenvalue weighted by atomic mass is 9.98. The Hall–Kier alpha value is -2.03. The third kappa shape index (κ3) is 13.5. The van der Waals surface area contributed by atoms with Crippen molar-refractivity contribution < 1.29 is 52.6 Å². The number of aliphatic hydroxyl groups is 1. The fourth-order valence-corrected chi connectivity index (χ4v) is 4.27. The molecule has 4 unspecified atom stereocenters. The van der Waals surface area contributed by atoms with E-state index in [0.29, 0.717) is 19.8 Å². The summed E-state index contributed by atoms with van der Waals surface area (Å²) in [6.45, 7) is 9.44. The second kappa shape index (κ2) is 22.5. The molecule has 14 nitrogen and oxygen atoms in total. The van der Waals surface area contributed by atoms with Gasteiger partial charge >= 0.3 is 11.9 Å². The minimum absolute atomic E-state index is 0.00202. The minimum Gasteiger partial charge on any atom is -0.467 e. The Bertz CT molecular complexity index is 799. The van der Waals surface area contributed by atoms with Crippen LogP contribution in [0.25, 0.3) is 10.4 Å². The van der Waals surface area contributed by atoms with Crippen LogP contribution >= 0.6 is 0 Å². The molecule has 0 spiro atoms. The fraction of sp³-hybridized carbons (Fsp3) is 0.929. The minimum atomic E-state index is -1.38. The number of azide groups is 1. The zero-order valence-electron chi connectivity index (χ0n) is 26.0. The maximum atomic E-state index is 13.0. The Morgan fingerprint density at radius 3 is 2.26 bits per heavy atom. The standard InChI is InChI=1S/C28H51N3O11/c1-7-10-13-36-19(4)24(37-14-11-8-2)27(28(34)35-6)42-23(16-32)41-26-22(18-39-20(5)33)40-17-21(30-31-29)25(26)38-15-12-9-3/h19,21-27,32H,7-18H2,1-6H3/t19-,21+,22?,23?,24-,25?,26+,27?/m0/s1. The number of aliphatic hydroxyl groups excluding tert-OH is 1. The molecule has 0 amide bonds. The van der Waals surface area contributed by atoms with Crippen molar-refractivity contribution in [2.24, 2.45) is 5.11 Å². The van der Waals surface area contributed by atoms with Crippen LogP contribution in [0.5, 0.6) is 0 Å². The van der Waals surface area contributed by atoms with E-state index in [1.807, 2.05) is 20.8 Å². The van der Waals surface area contributed by atoms with E-state index in [4.69, 9.17) is 43.4 Å². The van der Waals surface area contributed by atoms with E-state index < -0.39 is 67.5 Å². The zero-order chi connectivity index (χ0) is 31.3. The van der Waals surface area contributed by atoms with Crippen LogP contribution in [-0.2, 0) is 47.5 Å². The Morgan fingerprint density at radius 1 is 1.05 bits per heavy atom. The Morgan fingerprint density at radius 2 is 1.69 bits per heavy atom. The molecule has 1 saturated heterocycles. The van der Waals surface area contributed by atoms with Crippen LogP contribution < -0.4 is 0 Å². The molecular formula is C28H51N3O11. The second-order valence-electron chi connectivity index (χ2n) is 10.0. The average molecular weight is 606 g/mol. The van der Waals surface area contributed by atoms with Crippen LogP contribution in [-0.4, -0.2) is 113 Å². The first kappa shape index (κ1) is 38.0. The van der Waals surface area contributed by atoms with Gasteiger partial charge in [-0.2, -0.15) is 0 Å². The molecule has 1 heterocycles. The topological polar surface area (TPSA) is 177 Å². The number of hydrogen-bond acceptors (Lipinski definition) is 12. The third-order valence-corrected chi connectivity index (χ3v) is 6.65. The first-order valence-corrected chi connectivity index (χ1v) is 14.9. The fourth-order valence-electron chi connectivity index (χ4n) is 4.27. The summed E-state index contributed by atoms with van der Waals surface area (Å²) in [7, 11) is 1.23. The summed E-state index contributed by atoms with van der Waals surface area (Å²) in [5.41, 5.74) is 9.15. The second-order valence-corrected chi connectivity index (χ2v) is 10.0. The number of nitrogens with zero attached hydrogens (tertiary/aromatic N) is 3. The van der Waals surface area contributed by atoms with Gasteiger partial charge in [-0.1, -0.05) is 45.1 Å². The molecule has 0 saturated carbocycles. The smallest absolute Gasteiger partial charge is 0.337 e. The third-order valence-electron chi connectivity index (χ3n) is 6.65. The molecule has 1 aliphatic heterocycles. The van der Waals surface area contributed by atoms with E-state index >= 15 is 0 Å². The Labute approximate surface area is 249 Å². The first-order valence-electron chi connectivity index (χ1n) is 14.9. The van der Waals surface area contributed by atoms with E-state index in [9.17, 15) is 14.7 Å². The number of unbranched alkanes of at least 4 members (excludes halogenated alkanes) is 3. The maximum absolute atomic E-state index is 13.0. The summed E-state index contributed by atoms with van der Waals surface area (Å²) in [5.74, 6) is -1.26. The molecule has 1 N–H and O–H groups in total. The van der Waals surface area contributed by atoms with Gasteiger partial charge in [-0.25, -0.2) is 4.79 Å². The van der Waals surface area contributed by atoms with E-state index in [-0.39, 0.29) is 13.2 Å². The van der Waals surface area contributed by atoms with Crippen LogP contribution in [0.1, 0.15) is 73.1 Å². The van der Waals surface area contributed by atoms with Crippen molar-refractivity contribution in [2.75, 3.05) is 46.8 Å². The zero-order valence-corrected chi connectivity index (χ0v) is 26.0. The van der Waals surface area contributed by atoms with Crippen molar-refractivity contribution in [1.82, 2.24) is 0 Å². The van der Waals surface area contributed by atoms with Crippen LogP contribution in [0.15, 0.2) is 5.11 Å². The number of esters is 2. The van der Waals surface area contributed by atoms with E-state index in [1.165, 1.54) is 14.0 Å². The lowest BCUT2D eigenvalue weighted by Gasteiger charge is -2.42. The highest BCUT2D eigenvalue weighted by Crippen LogP contribution is 2.27. The van der Waals surface area contributed by atoms with Gasteiger partial charge in [0.2, 0.25) is 0 Å². The molecule has 0 aliphatic carbocycles. The van der Waals surface area contributed by atoms with Gasteiger partial charge in [0.1, 0.15) is 24.9 Å². The maximum Gasteiger partial charge on any atom is 0.337 e. The van der Waals surface area contributed by atoms with Crippen LogP contribution in [0, 0.1) is 0 Å². The summed E-state index contributed by atoms with van der Waals surface area (Å²) in [6.07, 6.45) is -1.79. The van der Waals surface area contributed by atoms with Gasteiger partial charge in [-0.05, 0) is 31.7 Å². The van der Waals surface area contributed by atoms with Gasteiger partial charge in [0.25, 0.3) is 0 Å². The van der Waals surface area contributed by atoms with E-state index in [2.05, 4.69) is 10.0 Å². The van der Waals surface area contributed by atoms with Crippen molar-refractivity contribution in [3.8, 4) is 0 Å². The van der Waals surface area contributed by atoms with Crippen LogP contribution in [0.2, 0.25) is 0 Å². The number of rotatable bonds is 23. The highest BCUT2D eigenvalue weighted by molar-refractivity contribution is 5.75. The van der Waals surface area contributed by atoms with Crippen LogP contribution in [0.3, 0.4) is 0 Å². The molecule has 8 atom stereocenters. The quantitative estimate of drug-likeness (QED) is 0.0450.